The molecule has 0 amide bonds. The summed E-state index contributed by atoms with van der Waals surface area (Å²) in [5.41, 5.74) is 2.67. The molecule has 3 heteroatoms. The van der Waals surface area contributed by atoms with Crippen LogP contribution in [-0.2, 0) is 0 Å². The fourth-order valence-electron chi connectivity index (χ4n) is 2.49. The molecule has 3 rings (SSSR count). The molecule has 0 unspecified atom stereocenters. The molecule has 2 heterocycles. The van der Waals surface area contributed by atoms with E-state index in [4.69, 9.17) is 4.98 Å². The molecule has 1 fully saturated rings. The minimum absolute atomic E-state index is 0.733. The highest BCUT2D eigenvalue weighted by Gasteiger charge is 2.20. The molecule has 0 atom stereocenters. The van der Waals surface area contributed by atoms with Crippen molar-refractivity contribution in [3.63, 3.8) is 0 Å². The summed E-state index contributed by atoms with van der Waals surface area (Å²) in [6, 6.07) is 0. The maximum atomic E-state index is 4.76. The molecular formula is C12H16N2S. The first-order chi connectivity index (χ1) is 7.25. The van der Waals surface area contributed by atoms with Gasteiger partial charge in [-0.05, 0) is 26.7 Å². The van der Waals surface area contributed by atoms with Crippen molar-refractivity contribution < 1.29 is 0 Å². The molecule has 0 saturated heterocycles. The van der Waals surface area contributed by atoms with Crippen LogP contribution in [0, 0.1) is 13.8 Å². The van der Waals surface area contributed by atoms with Crippen molar-refractivity contribution in [1.29, 1.82) is 0 Å². The number of fused-ring (bicyclic) bond motifs is 1. The van der Waals surface area contributed by atoms with E-state index >= 15 is 0 Å². The number of rotatable bonds is 1. The molecule has 80 valence electrons. The van der Waals surface area contributed by atoms with Gasteiger partial charge in [-0.25, -0.2) is 4.98 Å². The topological polar surface area (TPSA) is 17.3 Å². The molecule has 1 aliphatic rings. The van der Waals surface area contributed by atoms with Gasteiger partial charge in [-0.2, -0.15) is 0 Å². The molecule has 2 aromatic heterocycles. The largest absolute Gasteiger partial charge is 0.294 e. The number of hydrogen-bond acceptors (Lipinski definition) is 2. The third-order valence-electron chi connectivity index (χ3n) is 3.58. The molecule has 1 aliphatic carbocycles. The first kappa shape index (κ1) is 9.40. The van der Waals surface area contributed by atoms with Crippen LogP contribution >= 0.6 is 11.3 Å². The highest BCUT2D eigenvalue weighted by molar-refractivity contribution is 7.17. The van der Waals surface area contributed by atoms with Crippen LogP contribution in [0.25, 0.3) is 4.96 Å². The van der Waals surface area contributed by atoms with E-state index in [0.717, 1.165) is 5.92 Å². The molecule has 0 aliphatic heterocycles. The second-order valence-electron chi connectivity index (χ2n) is 4.54. The summed E-state index contributed by atoms with van der Waals surface area (Å²) in [7, 11) is 0. The molecule has 0 N–H and O–H groups in total. The van der Waals surface area contributed by atoms with Crippen LogP contribution in [0.4, 0.5) is 0 Å². The van der Waals surface area contributed by atoms with Crippen LogP contribution in [0.5, 0.6) is 0 Å². The summed E-state index contributed by atoms with van der Waals surface area (Å²) < 4.78 is 2.26. The van der Waals surface area contributed by atoms with E-state index in [1.165, 1.54) is 46.9 Å². The van der Waals surface area contributed by atoms with Crippen molar-refractivity contribution in [3.8, 4) is 0 Å². The lowest BCUT2D eigenvalue weighted by molar-refractivity contribution is 0.703. The summed E-state index contributed by atoms with van der Waals surface area (Å²) in [6.07, 6.45) is 7.69. The van der Waals surface area contributed by atoms with Gasteiger partial charge in [0.05, 0.1) is 5.69 Å². The molecular weight excluding hydrogens is 204 g/mol. The fraction of sp³-hybridized carbons (Fsp3) is 0.583. The predicted octanol–water partition coefficient (Wildman–Crippen LogP) is 3.67. The van der Waals surface area contributed by atoms with Crippen molar-refractivity contribution in [3.05, 3.63) is 22.5 Å². The Labute approximate surface area is 94.0 Å². The third kappa shape index (κ3) is 1.41. The second kappa shape index (κ2) is 3.34. The minimum atomic E-state index is 0.733. The maximum Gasteiger partial charge on any atom is 0.194 e. The van der Waals surface area contributed by atoms with E-state index in [1.54, 1.807) is 0 Å². The van der Waals surface area contributed by atoms with Crippen LogP contribution in [0.1, 0.15) is 47.9 Å². The number of aromatic nitrogens is 2. The first-order valence-electron chi connectivity index (χ1n) is 5.70. The molecule has 0 bridgehead atoms. The van der Waals surface area contributed by atoms with E-state index in [-0.39, 0.29) is 0 Å². The Hall–Kier alpha value is -0.830. The number of aryl methyl sites for hydroxylation is 2. The van der Waals surface area contributed by atoms with Gasteiger partial charge in [0.1, 0.15) is 0 Å². The van der Waals surface area contributed by atoms with Gasteiger partial charge < -0.3 is 0 Å². The Morgan fingerprint density at radius 1 is 1.33 bits per heavy atom. The smallest absolute Gasteiger partial charge is 0.194 e. The highest BCUT2D eigenvalue weighted by Crippen LogP contribution is 2.34. The van der Waals surface area contributed by atoms with Gasteiger partial charge in [-0.3, -0.25) is 4.40 Å². The summed E-state index contributed by atoms with van der Waals surface area (Å²) >= 11 is 1.81. The Kier molecular flexibility index (Phi) is 2.09. The SMILES string of the molecule is Cc1sc2nc(C3CCCC3)cn2c1C. The number of imidazole rings is 1. The average molecular weight is 220 g/mol. The van der Waals surface area contributed by atoms with Gasteiger partial charge in [0.25, 0.3) is 0 Å². The zero-order chi connectivity index (χ0) is 10.4. The van der Waals surface area contributed by atoms with Crippen molar-refractivity contribution in [2.45, 2.75) is 45.4 Å². The monoisotopic (exact) mass is 220 g/mol. The highest BCUT2D eigenvalue weighted by atomic mass is 32.1. The molecule has 0 spiro atoms. The second-order valence-corrected chi connectivity index (χ2v) is 5.73. The van der Waals surface area contributed by atoms with Crippen LogP contribution in [-0.4, -0.2) is 9.38 Å². The van der Waals surface area contributed by atoms with Crippen molar-refractivity contribution in [2.75, 3.05) is 0 Å². The lowest BCUT2D eigenvalue weighted by Gasteiger charge is -2.02. The Morgan fingerprint density at radius 3 is 2.73 bits per heavy atom. The maximum absolute atomic E-state index is 4.76. The Bertz CT molecular complexity index is 489. The van der Waals surface area contributed by atoms with Crippen LogP contribution in [0.3, 0.4) is 0 Å². The van der Waals surface area contributed by atoms with Gasteiger partial charge >= 0.3 is 0 Å². The molecule has 2 aromatic rings. The number of hydrogen-bond donors (Lipinski definition) is 0. The molecule has 1 saturated carbocycles. The fourth-order valence-corrected chi connectivity index (χ4v) is 3.45. The number of nitrogens with zero attached hydrogens (tertiary/aromatic N) is 2. The zero-order valence-electron chi connectivity index (χ0n) is 9.29. The molecule has 0 radical (unpaired) electrons. The average Bonchev–Trinajstić information content (AvgIpc) is 2.86. The van der Waals surface area contributed by atoms with E-state index < -0.39 is 0 Å². The van der Waals surface area contributed by atoms with Crippen LogP contribution in [0.15, 0.2) is 6.20 Å². The van der Waals surface area contributed by atoms with E-state index in [1.807, 2.05) is 11.3 Å². The van der Waals surface area contributed by atoms with Crippen molar-refractivity contribution >= 4 is 16.3 Å². The first-order valence-corrected chi connectivity index (χ1v) is 6.52. The molecule has 15 heavy (non-hydrogen) atoms. The van der Waals surface area contributed by atoms with Gasteiger partial charge in [-0.1, -0.05) is 12.8 Å². The van der Waals surface area contributed by atoms with Gasteiger partial charge in [-0.15, -0.1) is 11.3 Å². The Morgan fingerprint density at radius 2 is 2.07 bits per heavy atom. The predicted molar refractivity (Wildman–Crippen MR) is 63.8 cm³/mol. The summed E-state index contributed by atoms with van der Waals surface area (Å²) in [4.78, 5) is 7.32. The lowest BCUT2D eigenvalue weighted by atomic mass is 10.1. The lowest BCUT2D eigenvalue weighted by Crippen LogP contribution is -1.91. The summed E-state index contributed by atoms with van der Waals surface area (Å²) in [5, 5.41) is 0. The normalized spacial score (nSPS) is 18.0. The van der Waals surface area contributed by atoms with Gasteiger partial charge in [0, 0.05) is 22.7 Å². The zero-order valence-corrected chi connectivity index (χ0v) is 10.1. The van der Waals surface area contributed by atoms with Crippen molar-refractivity contribution in [2.24, 2.45) is 0 Å². The Balaban J connectivity index is 2.06. The van der Waals surface area contributed by atoms with Gasteiger partial charge in [0.15, 0.2) is 4.96 Å². The van der Waals surface area contributed by atoms with Crippen LogP contribution < -0.4 is 0 Å². The van der Waals surface area contributed by atoms with E-state index in [0.29, 0.717) is 0 Å². The third-order valence-corrected chi connectivity index (χ3v) is 4.65. The van der Waals surface area contributed by atoms with E-state index in [9.17, 15) is 0 Å². The van der Waals surface area contributed by atoms with Crippen LogP contribution in [0.2, 0.25) is 0 Å². The quantitative estimate of drug-likeness (QED) is 0.716. The molecule has 0 aromatic carbocycles. The molecule has 2 nitrogen and oxygen atoms in total. The summed E-state index contributed by atoms with van der Waals surface area (Å²) in [6.45, 7) is 4.35. The van der Waals surface area contributed by atoms with Crippen molar-refractivity contribution in [1.82, 2.24) is 9.38 Å². The van der Waals surface area contributed by atoms with E-state index in [2.05, 4.69) is 24.4 Å². The number of thiazole rings is 1. The summed E-state index contributed by atoms with van der Waals surface area (Å²) in [5.74, 6) is 0.733. The standard InChI is InChI=1S/C12H16N2S/c1-8-9(2)15-12-13-11(7-14(8)12)10-5-3-4-6-10/h7,10H,3-6H2,1-2H3. The van der Waals surface area contributed by atoms with Gasteiger partial charge in [0.2, 0.25) is 0 Å². The minimum Gasteiger partial charge on any atom is -0.294 e.